The second-order valence-corrected chi connectivity index (χ2v) is 2.49. The summed E-state index contributed by atoms with van der Waals surface area (Å²) < 4.78 is 8.25. The SMILES string of the molecule is CCC(O)(CC)C(C)O.[O]=[Ti]. The van der Waals surface area contributed by atoms with E-state index >= 15 is 0 Å². The summed E-state index contributed by atoms with van der Waals surface area (Å²) in [5.74, 6) is 0. The van der Waals surface area contributed by atoms with Gasteiger partial charge in [0, 0.05) is 0 Å². The van der Waals surface area contributed by atoms with E-state index in [1.54, 1.807) is 6.92 Å². The Hall–Kier alpha value is 0.434. The fourth-order valence-electron chi connectivity index (χ4n) is 0.841. The third kappa shape index (κ3) is 4.80. The van der Waals surface area contributed by atoms with Crippen molar-refractivity contribution in [3.05, 3.63) is 0 Å². The summed E-state index contributed by atoms with van der Waals surface area (Å²) in [6.45, 7) is 5.36. The molecule has 4 heteroatoms. The molecule has 0 saturated heterocycles. The van der Waals surface area contributed by atoms with E-state index in [4.69, 9.17) is 8.43 Å². The molecule has 0 aliphatic rings. The van der Waals surface area contributed by atoms with Crippen LogP contribution in [0.15, 0.2) is 0 Å². The van der Waals surface area contributed by atoms with Crippen molar-refractivity contribution >= 4 is 0 Å². The fraction of sp³-hybridized carbons (Fsp3) is 1.00. The van der Waals surface area contributed by atoms with E-state index in [0.717, 1.165) is 20.4 Å². The summed E-state index contributed by atoms with van der Waals surface area (Å²) in [7, 11) is 0. The number of aliphatic hydroxyl groups excluding tert-OH is 1. The fourth-order valence-corrected chi connectivity index (χ4v) is 0.841. The van der Waals surface area contributed by atoms with Gasteiger partial charge >= 0.3 is 23.7 Å². The van der Waals surface area contributed by atoms with Crippen LogP contribution in [0.25, 0.3) is 0 Å². The second kappa shape index (κ2) is 7.10. The van der Waals surface area contributed by atoms with Gasteiger partial charge in [0.1, 0.15) is 0 Å². The third-order valence-electron chi connectivity index (χ3n) is 2.00. The molecule has 0 aromatic heterocycles. The average molecular weight is 196 g/mol. The van der Waals surface area contributed by atoms with Gasteiger partial charge in [-0.15, -0.1) is 0 Å². The van der Waals surface area contributed by atoms with Crippen LogP contribution in [-0.2, 0) is 23.7 Å². The summed E-state index contributed by atoms with van der Waals surface area (Å²) in [5.41, 5.74) is -0.861. The van der Waals surface area contributed by atoms with E-state index in [2.05, 4.69) is 0 Å². The van der Waals surface area contributed by atoms with E-state index in [0.29, 0.717) is 12.8 Å². The molecule has 0 saturated carbocycles. The van der Waals surface area contributed by atoms with Crippen molar-refractivity contribution in [2.24, 2.45) is 0 Å². The van der Waals surface area contributed by atoms with Gasteiger partial charge in [-0.3, -0.25) is 0 Å². The second-order valence-electron chi connectivity index (χ2n) is 2.49. The predicted octanol–water partition coefficient (Wildman–Crippen LogP) is 0.797. The third-order valence-corrected chi connectivity index (χ3v) is 2.00. The molecule has 0 bridgehead atoms. The van der Waals surface area contributed by atoms with Crippen LogP contribution in [0.4, 0.5) is 0 Å². The van der Waals surface area contributed by atoms with Crippen molar-refractivity contribution in [1.29, 1.82) is 0 Å². The van der Waals surface area contributed by atoms with Gasteiger partial charge in [-0.05, 0) is 19.8 Å². The zero-order chi connectivity index (χ0) is 9.49. The van der Waals surface area contributed by atoms with Gasteiger partial charge in [0.05, 0.1) is 11.7 Å². The summed E-state index contributed by atoms with van der Waals surface area (Å²) in [6.07, 6.45) is 0.606. The van der Waals surface area contributed by atoms with Crippen LogP contribution in [0, 0.1) is 0 Å². The van der Waals surface area contributed by atoms with Gasteiger partial charge in [-0.25, -0.2) is 0 Å². The van der Waals surface area contributed by atoms with Gasteiger partial charge in [-0.1, -0.05) is 13.8 Å². The minimum atomic E-state index is -0.861. The van der Waals surface area contributed by atoms with Crippen LogP contribution in [0.3, 0.4) is 0 Å². The van der Waals surface area contributed by atoms with Crippen LogP contribution in [0.2, 0.25) is 0 Å². The topological polar surface area (TPSA) is 57.5 Å². The summed E-state index contributed by atoms with van der Waals surface area (Å²) in [5, 5.41) is 18.5. The molecule has 0 radical (unpaired) electrons. The Balaban J connectivity index is 0. The Bertz CT molecular complexity index is 91.7. The molecule has 1 atom stereocenters. The number of aliphatic hydroxyl groups is 2. The first-order chi connectivity index (χ1) is 5.06. The van der Waals surface area contributed by atoms with Crippen LogP contribution in [-0.4, -0.2) is 21.9 Å². The quantitative estimate of drug-likeness (QED) is 0.656. The van der Waals surface area contributed by atoms with Crippen molar-refractivity contribution in [2.75, 3.05) is 0 Å². The van der Waals surface area contributed by atoms with Gasteiger partial charge < -0.3 is 10.2 Å². The van der Waals surface area contributed by atoms with E-state index in [9.17, 15) is 5.11 Å². The molecule has 0 amide bonds. The average Bonchev–Trinajstić information content (AvgIpc) is 2.06. The first kappa shape index (κ1) is 14.0. The van der Waals surface area contributed by atoms with Crippen molar-refractivity contribution < 1.29 is 33.9 Å². The van der Waals surface area contributed by atoms with Crippen LogP contribution < -0.4 is 0 Å². The molecule has 0 aromatic rings. The Morgan fingerprint density at radius 1 is 1.36 bits per heavy atom. The molecule has 3 nitrogen and oxygen atoms in total. The Morgan fingerprint density at radius 2 is 1.64 bits per heavy atom. The van der Waals surface area contributed by atoms with Crippen molar-refractivity contribution in [2.45, 2.75) is 45.3 Å². The summed E-state index contributed by atoms with van der Waals surface area (Å²) in [4.78, 5) is 0. The van der Waals surface area contributed by atoms with E-state index in [1.165, 1.54) is 0 Å². The maximum atomic E-state index is 9.46. The van der Waals surface area contributed by atoms with Crippen molar-refractivity contribution in [3.63, 3.8) is 0 Å². The molecule has 0 aromatic carbocycles. The Kier molecular flexibility index (Phi) is 9.03. The first-order valence-electron chi connectivity index (χ1n) is 3.67. The number of rotatable bonds is 3. The molecule has 0 fully saturated rings. The summed E-state index contributed by atoms with van der Waals surface area (Å²) in [6, 6.07) is 0. The molecular formula is C7H16O3Ti. The zero-order valence-electron chi connectivity index (χ0n) is 7.29. The number of hydrogen-bond acceptors (Lipinski definition) is 3. The van der Waals surface area contributed by atoms with E-state index in [1.807, 2.05) is 13.8 Å². The molecule has 2 N–H and O–H groups in total. The van der Waals surface area contributed by atoms with Gasteiger partial charge in [0.2, 0.25) is 0 Å². The minimum absolute atomic E-state index is 0.612. The molecule has 0 aliphatic heterocycles. The van der Waals surface area contributed by atoms with E-state index < -0.39 is 11.7 Å². The monoisotopic (exact) mass is 196 g/mol. The molecule has 0 aliphatic carbocycles. The normalized spacial score (nSPS) is 13.1. The standard InChI is InChI=1S/C7H16O2.O.Ti/c1-4-7(9,5-2)6(3)8;;/h6,8-9H,4-5H2,1-3H3;;. The molecule has 66 valence electrons. The van der Waals surface area contributed by atoms with Crippen LogP contribution >= 0.6 is 0 Å². The Morgan fingerprint density at radius 3 is 1.64 bits per heavy atom. The first-order valence-corrected chi connectivity index (χ1v) is 4.31. The van der Waals surface area contributed by atoms with Gasteiger partial charge in [-0.2, -0.15) is 0 Å². The molecule has 0 heterocycles. The summed E-state index contributed by atoms with van der Waals surface area (Å²) >= 11 is 0.750. The van der Waals surface area contributed by atoms with Crippen molar-refractivity contribution in [1.82, 2.24) is 0 Å². The molecular weight excluding hydrogens is 180 g/mol. The molecule has 1 unspecified atom stereocenters. The zero-order valence-corrected chi connectivity index (χ0v) is 8.86. The predicted molar refractivity (Wildman–Crippen MR) is 37.9 cm³/mol. The maximum absolute atomic E-state index is 9.46. The number of hydrogen-bond donors (Lipinski definition) is 2. The van der Waals surface area contributed by atoms with E-state index in [-0.39, 0.29) is 0 Å². The van der Waals surface area contributed by atoms with Crippen LogP contribution in [0.1, 0.15) is 33.6 Å². The van der Waals surface area contributed by atoms with Gasteiger partial charge in [0.15, 0.2) is 0 Å². The molecule has 11 heavy (non-hydrogen) atoms. The molecule has 0 rings (SSSR count). The van der Waals surface area contributed by atoms with Crippen LogP contribution in [0.5, 0.6) is 0 Å². The molecule has 0 spiro atoms. The Labute approximate surface area is 79.5 Å². The van der Waals surface area contributed by atoms with Gasteiger partial charge in [0.25, 0.3) is 0 Å². The van der Waals surface area contributed by atoms with Crippen molar-refractivity contribution in [3.8, 4) is 0 Å².